The number of thiophene rings is 1. The number of hydrogen-bond donors (Lipinski definition) is 2. The van der Waals surface area contributed by atoms with Gasteiger partial charge in [0.1, 0.15) is 6.10 Å². The lowest BCUT2D eigenvalue weighted by atomic mass is 10.0. The first kappa shape index (κ1) is 22.8. The SMILES string of the molecule is Nc1ccc(-c2cccs2)cc1NC(=O)c1ccc(CC(Cc2cccnc2)O[PH+]=O)cc1. The van der Waals surface area contributed by atoms with E-state index in [1.54, 1.807) is 41.9 Å². The first-order valence-corrected chi connectivity index (χ1v) is 12.1. The Hall–Kier alpha value is -3.38. The second-order valence-corrected chi connectivity index (χ2v) is 8.87. The number of nitrogens with two attached hydrogens (primary N) is 1. The third-order valence-electron chi connectivity index (χ3n) is 5.19. The Kier molecular flexibility index (Phi) is 7.58. The maximum atomic E-state index is 12.8. The van der Waals surface area contributed by atoms with E-state index in [1.807, 2.05) is 53.9 Å². The van der Waals surface area contributed by atoms with Gasteiger partial charge in [-0.2, -0.15) is 0 Å². The molecule has 2 aromatic heterocycles. The van der Waals surface area contributed by atoms with Crippen LogP contribution in [0.2, 0.25) is 0 Å². The van der Waals surface area contributed by atoms with Gasteiger partial charge in [0.05, 0.1) is 11.4 Å². The fourth-order valence-electron chi connectivity index (χ4n) is 3.52. The Morgan fingerprint density at radius 3 is 2.58 bits per heavy atom. The van der Waals surface area contributed by atoms with Gasteiger partial charge >= 0.3 is 8.69 Å². The summed E-state index contributed by atoms with van der Waals surface area (Å²) >= 11 is 1.63. The first-order valence-electron chi connectivity index (χ1n) is 10.4. The molecule has 4 rings (SSSR count). The normalized spacial score (nSPS) is 11.9. The van der Waals surface area contributed by atoms with Crippen molar-refractivity contribution in [1.29, 1.82) is 0 Å². The molecule has 0 radical (unpaired) electrons. The summed E-state index contributed by atoms with van der Waals surface area (Å²) in [4.78, 5) is 18.0. The standard InChI is InChI=1S/C25H22N3O3PS/c26-22-10-9-20(24-4-2-12-33-24)15-23(22)28-25(29)19-7-5-17(6-8-19)13-21(31-32-30)14-18-3-1-11-27-16-18/h1-12,15-16,21,32H,13-14,26H2/p+1. The van der Waals surface area contributed by atoms with Crippen LogP contribution < -0.4 is 11.1 Å². The molecule has 0 aliphatic carbocycles. The Morgan fingerprint density at radius 2 is 1.88 bits per heavy atom. The van der Waals surface area contributed by atoms with Gasteiger partial charge in [0.2, 0.25) is 0 Å². The van der Waals surface area contributed by atoms with Crippen LogP contribution in [0.3, 0.4) is 0 Å². The summed E-state index contributed by atoms with van der Waals surface area (Å²) in [7, 11) is -0.838. The average molecular weight is 477 g/mol. The number of benzene rings is 2. The summed E-state index contributed by atoms with van der Waals surface area (Å²) in [6, 6.07) is 20.8. The third-order valence-corrected chi connectivity index (χ3v) is 6.54. The number of rotatable bonds is 9. The van der Waals surface area contributed by atoms with E-state index in [1.165, 1.54) is 0 Å². The van der Waals surface area contributed by atoms with E-state index in [0.717, 1.165) is 21.6 Å². The van der Waals surface area contributed by atoms with Crippen molar-refractivity contribution in [2.24, 2.45) is 0 Å². The molecule has 2 unspecified atom stereocenters. The zero-order chi connectivity index (χ0) is 23.0. The van der Waals surface area contributed by atoms with Gasteiger partial charge in [-0.05, 0) is 63.0 Å². The van der Waals surface area contributed by atoms with Crippen LogP contribution in [0, 0.1) is 0 Å². The maximum absolute atomic E-state index is 12.8. The Bertz CT molecular complexity index is 1220. The van der Waals surface area contributed by atoms with E-state index in [4.69, 9.17) is 10.3 Å². The van der Waals surface area contributed by atoms with Crippen LogP contribution in [-0.2, 0) is 21.9 Å². The van der Waals surface area contributed by atoms with Gasteiger partial charge in [0, 0.05) is 35.7 Å². The van der Waals surface area contributed by atoms with Crippen molar-refractivity contribution in [3.05, 3.63) is 101 Å². The number of aromatic nitrogens is 1. The zero-order valence-electron chi connectivity index (χ0n) is 17.7. The van der Waals surface area contributed by atoms with E-state index in [9.17, 15) is 9.36 Å². The van der Waals surface area contributed by atoms with Gasteiger partial charge in [0.15, 0.2) is 0 Å². The van der Waals surface area contributed by atoms with Crippen molar-refractivity contribution in [3.8, 4) is 10.4 Å². The van der Waals surface area contributed by atoms with Crippen molar-refractivity contribution < 1.29 is 13.9 Å². The lowest BCUT2D eigenvalue weighted by molar-refractivity contribution is 0.102. The van der Waals surface area contributed by atoms with Crippen LogP contribution in [0.25, 0.3) is 10.4 Å². The average Bonchev–Trinajstić information content (AvgIpc) is 3.37. The molecule has 4 aromatic rings. The summed E-state index contributed by atoms with van der Waals surface area (Å²) < 4.78 is 16.5. The monoisotopic (exact) mass is 476 g/mol. The smallest absolute Gasteiger partial charge is 0.397 e. The van der Waals surface area contributed by atoms with Crippen molar-refractivity contribution >= 4 is 37.3 Å². The molecule has 6 nitrogen and oxygen atoms in total. The summed E-state index contributed by atoms with van der Waals surface area (Å²) in [5.41, 5.74) is 10.7. The number of pyridine rings is 1. The molecular formula is C25H23N3O3PS+. The third kappa shape index (κ3) is 6.11. The first-order chi connectivity index (χ1) is 16.1. The molecule has 0 aliphatic heterocycles. The minimum atomic E-state index is -0.838. The molecule has 0 aliphatic rings. The number of nitrogens with one attached hydrogen (secondary N) is 1. The molecule has 2 heterocycles. The second-order valence-electron chi connectivity index (χ2n) is 7.52. The summed E-state index contributed by atoms with van der Waals surface area (Å²) in [5, 5.41) is 4.92. The molecule has 2 atom stereocenters. The van der Waals surface area contributed by atoms with Crippen LogP contribution >= 0.6 is 20.0 Å². The van der Waals surface area contributed by atoms with Crippen molar-refractivity contribution in [2.75, 3.05) is 11.1 Å². The number of nitrogen functional groups attached to an aromatic ring is 1. The number of amides is 1. The highest BCUT2D eigenvalue weighted by atomic mass is 32.1. The molecule has 3 N–H and O–H groups in total. The number of carbonyl (C=O) groups is 1. The van der Waals surface area contributed by atoms with Gasteiger partial charge in [-0.3, -0.25) is 9.78 Å². The molecule has 2 aromatic carbocycles. The predicted molar refractivity (Wildman–Crippen MR) is 134 cm³/mol. The lowest BCUT2D eigenvalue weighted by Gasteiger charge is -2.12. The molecule has 33 heavy (non-hydrogen) atoms. The molecule has 1 amide bonds. The van der Waals surface area contributed by atoms with Gasteiger partial charge < -0.3 is 11.1 Å². The van der Waals surface area contributed by atoms with Crippen LogP contribution in [0.15, 0.2) is 84.5 Å². The number of nitrogens with zero attached hydrogens (tertiary/aromatic N) is 1. The molecular weight excluding hydrogens is 453 g/mol. The van der Waals surface area contributed by atoms with Gasteiger partial charge in [-0.25, -0.2) is 0 Å². The molecule has 0 saturated carbocycles. The lowest BCUT2D eigenvalue weighted by Crippen LogP contribution is -2.16. The Balaban J connectivity index is 1.43. The maximum Gasteiger partial charge on any atom is 0.494 e. The van der Waals surface area contributed by atoms with Crippen LogP contribution in [0.5, 0.6) is 0 Å². The summed E-state index contributed by atoms with van der Waals surface area (Å²) in [6.45, 7) is 0. The van der Waals surface area contributed by atoms with Crippen LogP contribution in [-0.4, -0.2) is 17.0 Å². The molecule has 166 valence electrons. The van der Waals surface area contributed by atoms with E-state index in [0.29, 0.717) is 29.8 Å². The van der Waals surface area contributed by atoms with E-state index in [2.05, 4.69) is 10.3 Å². The van der Waals surface area contributed by atoms with Crippen molar-refractivity contribution in [2.45, 2.75) is 18.9 Å². The van der Waals surface area contributed by atoms with Crippen molar-refractivity contribution in [1.82, 2.24) is 4.98 Å². The molecule has 0 fully saturated rings. The highest BCUT2D eigenvalue weighted by Gasteiger charge is 2.17. The van der Waals surface area contributed by atoms with Gasteiger partial charge in [-0.1, -0.05) is 30.3 Å². The zero-order valence-corrected chi connectivity index (χ0v) is 19.5. The Morgan fingerprint density at radius 1 is 1.06 bits per heavy atom. The second kappa shape index (κ2) is 11.0. The molecule has 0 saturated heterocycles. The quantitative estimate of drug-likeness (QED) is 0.237. The highest BCUT2D eigenvalue weighted by molar-refractivity contribution is 7.17. The molecule has 8 heteroatoms. The van der Waals surface area contributed by atoms with Gasteiger partial charge in [0.25, 0.3) is 5.91 Å². The molecule has 0 bridgehead atoms. The van der Waals surface area contributed by atoms with E-state index >= 15 is 0 Å². The fraction of sp³-hybridized carbons (Fsp3) is 0.120. The van der Waals surface area contributed by atoms with Crippen LogP contribution in [0.4, 0.5) is 11.4 Å². The largest absolute Gasteiger partial charge is 0.494 e. The minimum Gasteiger partial charge on any atom is -0.397 e. The minimum absolute atomic E-state index is 0.235. The van der Waals surface area contributed by atoms with Crippen LogP contribution in [0.1, 0.15) is 21.5 Å². The predicted octanol–water partition coefficient (Wildman–Crippen LogP) is 5.75. The highest BCUT2D eigenvalue weighted by Crippen LogP contribution is 2.30. The topological polar surface area (TPSA) is 94.3 Å². The Labute approximate surface area is 197 Å². The van der Waals surface area contributed by atoms with Gasteiger partial charge in [-0.15, -0.1) is 15.9 Å². The van der Waals surface area contributed by atoms with E-state index in [-0.39, 0.29) is 12.0 Å². The van der Waals surface area contributed by atoms with E-state index < -0.39 is 8.69 Å². The number of carbonyl (C=O) groups excluding carboxylic acids is 1. The number of anilines is 2. The molecule has 0 spiro atoms. The summed E-state index contributed by atoms with van der Waals surface area (Å²) in [5.74, 6) is -0.235. The fourth-order valence-corrected chi connectivity index (χ4v) is 4.54. The van der Waals surface area contributed by atoms with Crippen molar-refractivity contribution in [3.63, 3.8) is 0 Å². The number of hydrogen-bond acceptors (Lipinski definition) is 6. The summed E-state index contributed by atoms with van der Waals surface area (Å²) in [6.07, 6.45) is 4.42.